The predicted molar refractivity (Wildman–Crippen MR) is 42.3 cm³/mol. The second-order valence-electron chi connectivity index (χ2n) is 2.98. The quantitative estimate of drug-likeness (QED) is 0.483. The maximum absolute atomic E-state index is 10.9. The summed E-state index contributed by atoms with van der Waals surface area (Å²) in [5.74, 6) is -0.0414. The van der Waals surface area contributed by atoms with Crippen molar-refractivity contribution < 1.29 is 9.53 Å². The molecule has 0 N–H and O–H groups in total. The Bertz CT molecular complexity index is 136. The summed E-state index contributed by atoms with van der Waals surface area (Å²) in [4.78, 5) is 13.0. The van der Waals surface area contributed by atoms with Gasteiger partial charge in [0, 0.05) is 13.0 Å². The smallest absolute Gasteiger partial charge is 0.305 e. The van der Waals surface area contributed by atoms with Crippen molar-refractivity contribution in [3.05, 3.63) is 0 Å². The molecular formula is C8H15NO2. The third-order valence-electron chi connectivity index (χ3n) is 1.91. The van der Waals surface area contributed by atoms with Gasteiger partial charge in [0.25, 0.3) is 0 Å². The fraction of sp³-hybridized carbons (Fsp3) is 0.875. The molecule has 0 unspecified atom stereocenters. The van der Waals surface area contributed by atoms with Crippen LogP contribution < -0.4 is 0 Å². The van der Waals surface area contributed by atoms with Crippen LogP contribution in [-0.2, 0) is 9.53 Å². The van der Waals surface area contributed by atoms with Crippen LogP contribution in [0.15, 0.2) is 0 Å². The van der Waals surface area contributed by atoms with E-state index >= 15 is 0 Å². The van der Waals surface area contributed by atoms with Gasteiger partial charge in [0.2, 0.25) is 0 Å². The number of hydrogen-bond donors (Lipinski definition) is 0. The van der Waals surface area contributed by atoms with Gasteiger partial charge in [-0.2, -0.15) is 0 Å². The van der Waals surface area contributed by atoms with Gasteiger partial charge in [-0.1, -0.05) is 0 Å². The third kappa shape index (κ3) is 3.37. The van der Waals surface area contributed by atoms with Gasteiger partial charge < -0.3 is 9.64 Å². The molecule has 0 radical (unpaired) electrons. The molecule has 0 aromatic heterocycles. The highest BCUT2D eigenvalue weighted by Crippen LogP contribution is 2.02. The molecule has 0 aromatic carbocycles. The molecule has 0 saturated carbocycles. The molecule has 0 aromatic rings. The van der Waals surface area contributed by atoms with Gasteiger partial charge in [0.15, 0.2) is 0 Å². The van der Waals surface area contributed by atoms with Gasteiger partial charge in [-0.25, -0.2) is 0 Å². The molecule has 0 aliphatic carbocycles. The van der Waals surface area contributed by atoms with Crippen molar-refractivity contribution in [2.24, 2.45) is 0 Å². The number of rotatable bonds is 0. The lowest BCUT2D eigenvalue weighted by Crippen LogP contribution is -2.23. The number of carbonyl (C=O) groups excluding carboxylic acids is 1. The Balaban J connectivity index is 2.29. The Labute approximate surface area is 67.3 Å². The van der Waals surface area contributed by atoms with Crippen molar-refractivity contribution in [2.45, 2.75) is 19.3 Å². The fourth-order valence-electron chi connectivity index (χ4n) is 1.15. The summed E-state index contributed by atoms with van der Waals surface area (Å²) in [6.45, 7) is 2.50. The zero-order valence-electron chi connectivity index (χ0n) is 7.01. The first-order valence-corrected chi connectivity index (χ1v) is 4.13. The number of ether oxygens (including phenoxy) is 1. The number of hydrogen-bond acceptors (Lipinski definition) is 3. The molecular weight excluding hydrogens is 142 g/mol. The molecule has 1 aliphatic heterocycles. The Kier molecular flexibility index (Phi) is 3.36. The summed E-state index contributed by atoms with van der Waals surface area (Å²) in [6, 6.07) is 0. The SMILES string of the molecule is CN1CCCCC(=O)OCC1. The first-order valence-electron chi connectivity index (χ1n) is 4.13. The standard InChI is InChI=1S/C8H15NO2/c1-9-5-3-2-4-8(10)11-7-6-9/h2-7H2,1H3. The van der Waals surface area contributed by atoms with E-state index in [4.69, 9.17) is 4.74 Å². The first-order chi connectivity index (χ1) is 5.29. The Morgan fingerprint density at radius 3 is 3.00 bits per heavy atom. The van der Waals surface area contributed by atoms with Crippen molar-refractivity contribution in [3.63, 3.8) is 0 Å². The van der Waals surface area contributed by atoms with E-state index in [1.54, 1.807) is 0 Å². The van der Waals surface area contributed by atoms with Gasteiger partial charge in [-0.15, -0.1) is 0 Å². The maximum Gasteiger partial charge on any atom is 0.305 e. The van der Waals surface area contributed by atoms with Crippen LogP contribution in [0.3, 0.4) is 0 Å². The van der Waals surface area contributed by atoms with E-state index in [0.717, 1.165) is 25.9 Å². The first kappa shape index (κ1) is 8.53. The van der Waals surface area contributed by atoms with E-state index in [-0.39, 0.29) is 5.97 Å². The monoisotopic (exact) mass is 157 g/mol. The van der Waals surface area contributed by atoms with E-state index in [9.17, 15) is 4.79 Å². The highest BCUT2D eigenvalue weighted by Gasteiger charge is 2.07. The second kappa shape index (κ2) is 4.34. The van der Waals surface area contributed by atoms with E-state index in [1.807, 2.05) is 0 Å². The lowest BCUT2D eigenvalue weighted by Gasteiger charge is -2.13. The largest absolute Gasteiger partial charge is 0.464 e. The van der Waals surface area contributed by atoms with Crippen LogP contribution in [0.5, 0.6) is 0 Å². The highest BCUT2D eigenvalue weighted by atomic mass is 16.5. The van der Waals surface area contributed by atoms with Crippen molar-refractivity contribution in [2.75, 3.05) is 26.7 Å². The summed E-state index contributed by atoms with van der Waals surface area (Å²) in [5, 5.41) is 0. The molecule has 0 atom stereocenters. The number of likely N-dealkylation sites (N-methyl/N-ethyl adjacent to an activating group) is 1. The molecule has 0 amide bonds. The van der Waals surface area contributed by atoms with Crippen LogP contribution in [-0.4, -0.2) is 37.6 Å². The molecule has 64 valence electrons. The molecule has 11 heavy (non-hydrogen) atoms. The van der Waals surface area contributed by atoms with Crippen LogP contribution in [0.2, 0.25) is 0 Å². The van der Waals surface area contributed by atoms with E-state index in [1.165, 1.54) is 0 Å². The topological polar surface area (TPSA) is 29.5 Å². The number of carbonyl (C=O) groups is 1. The van der Waals surface area contributed by atoms with Crippen molar-refractivity contribution in [1.82, 2.24) is 4.90 Å². The summed E-state index contributed by atoms with van der Waals surface area (Å²) in [7, 11) is 2.05. The molecule has 1 heterocycles. The van der Waals surface area contributed by atoms with E-state index < -0.39 is 0 Å². The summed E-state index contributed by atoms with van der Waals surface area (Å²) in [5.41, 5.74) is 0. The predicted octanol–water partition coefficient (Wildman–Crippen LogP) is 0.645. The minimum absolute atomic E-state index is 0.0414. The van der Waals surface area contributed by atoms with Gasteiger partial charge in [-0.3, -0.25) is 4.79 Å². The molecule has 1 aliphatic rings. The summed E-state index contributed by atoms with van der Waals surface area (Å²) in [6.07, 6.45) is 2.66. The van der Waals surface area contributed by atoms with Gasteiger partial charge in [0.1, 0.15) is 6.61 Å². The van der Waals surface area contributed by atoms with E-state index in [0.29, 0.717) is 13.0 Å². The average Bonchev–Trinajstić information content (AvgIpc) is 2.04. The minimum atomic E-state index is -0.0414. The van der Waals surface area contributed by atoms with Crippen molar-refractivity contribution >= 4 is 5.97 Å². The Hall–Kier alpha value is -0.570. The number of esters is 1. The minimum Gasteiger partial charge on any atom is -0.464 e. The average molecular weight is 157 g/mol. The van der Waals surface area contributed by atoms with Gasteiger partial charge in [-0.05, 0) is 26.4 Å². The second-order valence-corrected chi connectivity index (χ2v) is 2.98. The summed E-state index contributed by atoms with van der Waals surface area (Å²) >= 11 is 0. The highest BCUT2D eigenvalue weighted by molar-refractivity contribution is 5.69. The van der Waals surface area contributed by atoms with Crippen LogP contribution in [0.1, 0.15) is 19.3 Å². The molecule has 1 rings (SSSR count). The van der Waals surface area contributed by atoms with Crippen LogP contribution in [0, 0.1) is 0 Å². The molecule has 3 nitrogen and oxygen atoms in total. The molecule has 3 heteroatoms. The van der Waals surface area contributed by atoms with Crippen molar-refractivity contribution in [1.29, 1.82) is 0 Å². The Morgan fingerprint density at radius 1 is 1.36 bits per heavy atom. The lowest BCUT2D eigenvalue weighted by molar-refractivity contribution is -0.143. The van der Waals surface area contributed by atoms with Gasteiger partial charge >= 0.3 is 5.97 Å². The molecule has 0 bridgehead atoms. The summed E-state index contributed by atoms with van der Waals surface area (Å²) < 4.78 is 4.95. The van der Waals surface area contributed by atoms with Crippen LogP contribution >= 0.6 is 0 Å². The fourth-order valence-corrected chi connectivity index (χ4v) is 1.15. The third-order valence-corrected chi connectivity index (χ3v) is 1.91. The van der Waals surface area contributed by atoms with E-state index in [2.05, 4.69) is 11.9 Å². The normalized spacial score (nSPS) is 23.2. The van der Waals surface area contributed by atoms with Crippen LogP contribution in [0.4, 0.5) is 0 Å². The maximum atomic E-state index is 10.9. The zero-order valence-corrected chi connectivity index (χ0v) is 7.01. The van der Waals surface area contributed by atoms with Crippen LogP contribution in [0.25, 0.3) is 0 Å². The Morgan fingerprint density at radius 2 is 2.18 bits per heavy atom. The van der Waals surface area contributed by atoms with Crippen molar-refractivity contribution in [3.8, 4) is 0 Å². The lowest BCUT2D eigenvalue weighted by atomic mass is 10.2. The molecule has 1 fully saturated rings. The zero-order chi connectivity index (χ0) is 8.10. The number of cyclic esters (lactones) is 1. The molecule has 1 saturated heterocycles. The van der Waals surface area contributed by atoms with Gasteiger partial charge in [0.05, 0.1) is 0 Å². The molecule has 0 spiro atoms. The number of nitrogens with zero attached hydrogens (tertiary/aromatic N) is 1.